The Morgan fingerprint density at radius 1 is 0.846 bits per heavy atom. The molecule has 0 aliphatic carbocycles. The highest BCUT2D eigenvalue weighted by molar-refractivity contribution is 6.30. The number of piperidine rings is 1. The van der Waals surface area contributed by atoms with Gasteiger partial charge in [0.15, 0.2) is 0 Å². The first kappa shape index (κ1) is 37.2. The van der Waals surface area contributed by atoms with E-state index in [1.54, 1.807) is 18.2 Å². The smallest absolute Gasteiger partial charge is 0.408 e. The third-order valence-electron chi connectivity index (χ3n) is 10.1. The molecular formula is C42H49ClN4O5. The summed E-state index contributed by atoms with van der Waals surface area (Å²) in [6.45, 7) is 8.19. The van der Waals surface area contributed by atoms with Crippen molar-refractivity contribution in [2.24, 2.45) is 5.92 Å². The van der Waals surface area contributed by atoms with Crippen molar-refractivity contribution < 1.29 is 24.2 Å². The lowest BCUT2D eigenvalue weighted by Gasteiger charge is -2.40. The van der Waals surface area contributed by atoms with E-state index < -0.39 is 12.1 Å². The molecule has 6 rings (SSSR count). The second-order valence-corrected chi connectivity index (χ2v) is 14.0. The molecule has 2 heterocycles. The average Bonchev–Trinajstić information content (AvgIpc) is 3.17. The van der Waals surface area contributed by atoms with E-state index in [0.717, 1.165) is 60.8 Å². The Kier molecular flexibility index (Phi) is 13.1. The molecule has 0 saturated carbocycles. The second-order valence-electron chi connectivity index (χ2n) is 13.6. The standard InChI is InChI=1S/C42H49ClN4O5/c1-2-51-39-16-14-37(48)28-35(39)29-46-23-25-47(26-24-46)41(49)40(44-42(50)52-30-31-9-5-3-6-10-31)33-17-20-45(21-18-33)22-19-34-27-36(43)13-15-38(34)32-11-7-4-8-12-32/h3-16,27-28,33,40,48H,2,17-26,29-30H2,1H3,(H,44,50)/t40-/m1/s1. The summed E-state index contributed by atoms with van der Waals surface area (Å²) in [5.74, 6) is 0.882. The lowest BCUT2D eigenvalue weighted by molar-refractivity contribution is -0.137. The third kappa shape index (κ3) is 10.1. The lowest BCUT2D eigenvalue weighted by atomic mass is 9.88. The summed E-state index contributed by atoms with van der Waals surface area (Å²) >= 11 is 6.43. The maximum absolute atomic E-state index is 14.2. The molecule has 52 heavy (non-hydrogen) atoms. The summed E-state index contributed by atoms with van der Waals surface area (Å²) in [6.07, 6.45) is 1.85. The minimum atomic E-state index is -0.676. The molecule has 4 aromatic rings. The lowest BCUT2D eigenvalue weighted by Crippen LogP contribution is -2.58. The van der Waals surface area contributed by atoms with Gasteiger partial charge < -0.3 is 29.7 Å². The summed E-state index contributed by atoms with van der Waals surface area (Å²) in [5.41, 5.74) is 5.39. The predicted molar refractivity (Wildman–Crippen MR) is 204 cm³/mol. The number of hydrogen-bond acceptors (Lipinski definition) is 7. The number of carbonyl (C=O) groups is 2. The quantitative estimate of drug-likeness (QED) is 0.153. The fourth-order valence-electron chi connectivity index (χ4n) is 7.28. The number of piperazine rings is 1. The second kappa shape index (κ2) is 18.3. The Morgan fingerprint density at radius 3 is 2.27 bits per heavy atom. The number of nitrogens with zero attached hydrogens (tertiary/aromatic N) is 3. The molecule has 1 atom stereocenters. The van der Waals surface area contributed by atoms with Crippen molar-refractivity contribution in [1.82, 2.24) is 20.0 Å². The van der Waals surface area contributed by atoms with Gasteiger partial charge in [-0.2, -0.15) is 0 Å². The Bertz CT molecular complexity index is 1760. The van der Waals surface area contributed by atoms with Gasteiger partial charge in [0, 0.05) is 49.9 Å². The largest absolute Gasteiger partial charge is 0.508 e. The highest BCUT2D eigenvalue weighted by Crippen LogP contribution is 2.29. The number of hydrogen-bond donors (Lipinski definition) is 2. The van der Waals surface area contributed by atoms with Crippen molar-refractivity contribution in [3.05, 3.63) is 119 Å². The highest BCUT2D eigenvalue weighted by Gasteiger charge is 2.36. The molecule has 0 spiro atoms. The number of phenolic OH excluding ortho intramolecular Hbond substituents is 1. The molecule has 0 bridgehead atoms. The van der Waals surface area contributed by atoms with E-state index in [-0.39, 0.29) is 24.2 Å². The molecule has 274 valence electrons. The van der Waals surface area contributed by atoms with Crippen LogP contribution in [0.3, 0.4) is 0 Å². The van der Waals surface area contributed by atoms with Gasteiger partial charge in [-0.1, -0.05) is 78.3 Å². The Labute approximate surface area is 312 Å². The van der Waals surface area contributed by atoms with Crippen LogP contribution in [0.4, 0.5) is 4.79 Å². The summed E-state index contributed by atoms with van der Waals surface area (Å²) in [6, 6.07) is 30.5. The summed E-state index contributed by atoms with van der Waals surface area (Å²) < 4.78 is 11.4. The van der Waals surface area contributed by atoms with Crippen LogP contribution in [0.5, 0.6) is 11.5 Å². The van der Waals surface area contributed by atoms with Crippen molar-refractivity contribution in [1.29, 1.82) is 0 Å². The van der Waals surface area contributed by atoms with Crippen LogP contribution >= 0.6 is 11.6 Å². The first-order chi connectivity index (χ1) is 25.4. The topological polar surface area (TPSA) is 94.6 Å². The molecule has 2 aliphatic rings. The molecule has 10 heteroatoms. The number of aromatic hydroxyl groups is 1. The van der Waals surface area contributed by atoms with Gasteiger partial charge in [-0.25, -0.2) is 4.79 Å². The SMILES string of the molecule is CCOc1ccc(O)cc1CN1CCN(C(=O)[C@H](NC(=O)OCc2ccccc2)C2CCN(CCc3cc(Cl)ccc3-c3ccccc3)CC2)CC1. The zero-order valence-electron chi connectivity index (χ0n) is 29.9. The molecule has 9 nitrogen and oxygen atoms in total. The van der Waals surface area contributed by atoms with Gasteiger partial charge in [0.25, 0.3) is 0 Å². The zero-order chi connectivity index (χ0) is 36.3. The van der Waals surface area contributed by atoms with E-state index in [0.29, 0.717) is 39.3 Å². The molecule has 2 fully saturated rings. The fraction of sp³-hybridized carbons (Fsp3) is 0.381. The number of phenols is 1. The normalized spacial score (nSPS) is 16.3. The first-order valence-corrected chi connectivity index (χ1v) is 18.7. The summed E-state index contributed by atoms with van der Waals surface area (Å²) in [4.78, 5) is 34.0. The number of alkyl carbamates (subject to hydrolysis) is 1. The molecule has 0 radical (unpaired) electrons. The molecule has 2 N–H and O–H groups in total. The Hall–Kier alpha value is -4.57. The number of nitrogens with one attached hydrogen (secondary N) is 1. The monoisotopic (exact) mass is 724 g/mol. The average molecular weight is 725 g/mol. The molecule has 0 aromatic heterocycles. The molecule has 2 aliphatic heterocycles. The van der Waals surface area contributed by atoms with E-state index in [2.05, 4.69) is 51.5 Å². The van der Waals surface area contributed by atoms with Crippen molar-refractivity contribution in [2.45, 2.75) is 45.4 Å². The predicted octanol–water partition coefficient (Wildman–Crippen LogP) is 7.01. The summed E-state index contributed by atoms with van der Waals surface area (Å²) in [5, 5.41) is 13.8. The molecule has 2 saturated heterocycles. The van der Waals surface area contributed by atoms with Crippen LogP contribution in [0.25, 0.3) is 11.1 Å². The maximum Gasteiger partial charge on any atom is 0.408 e. The molecule has 4 aromatic carbocycles. The highest BCUT2D eigenvalue weighted by atomic mass is 35.5. The number of rotatable bonds is 13. The van der Waals surface area contributed by atoms with E-state index in [9.17, 15) is 14.7 Å². The number of halogens is 1. The Balaban J connectivity index is 1.08. The number of amides is 2. The van der Waals surface area contributed by atoms with Crippen LogP contribution in [0.1, 0.15) is 36.5 Å². The fourth-order valence-corrected chi connectivity index (χ4v) is 7.47. The van der Waals surface area contributed by atoms with Crippen molar-refractivity contribution in [3.63, 3.8) is 0 Å². The minimum absolute atomic E-state index is 0.0156. The molecular weight excluding hydrogens is 676 g/mol. The van der Waals surface area contributed by atoms with Crippen LogP contribution in [0.15, 0.2) is 97.1 Å². The van der Waals surface area contributed by atoms with E-state index in [1.165, 1.54) is 16.7 Å². The first-order valence-electron chi connectivity index (χ1n) is 18.4. The van der Waals surface area contributed by atoms with E-state index in [4.69, 9.17) is 21.1 Å². The number of ether oxygens (including phenoxy) is 2. The summed E-state index contributed by atoms with van der Waals surface area (Å²) in [7, 11) is 0. The van der Waals surface area contributed by atoms with Gasteiger partial charge in [-0.15, -0.1) is 0 Å². The van der Waals surface area contributed by atoms with Crippen LogP contribution in [0, 0.1) is 5.92 Å². The van der Waals surface area contributed by atoms with E-state index in [1.807, 2.05) is 54.3 Å². The third-order valence-corrected chi connectivity index (χ3v) is 10.4. The molecule has 2 amide bonds. The van der Waals surface area contributed by atoms with Gasteiger partial charge in [-0.05, 0) is 97.8 Å². The van der Waals surface area contributed by atoms with Gasteiger partial charge in [0.1, 0.15) is 24.1 Å². The Morgan fingerprint density at radius 2 is 1.56 bits per heavy atom. The van der Waals surface area contributed by atoms with Crippen LogP contribution in [-0.2, 0) is 29.1 Å². The molecule has 0 unspecified atom stereocenters. The number of carbonyl (C=O) groups excluding carboxylic acids is 2. The van der Waals surface area contributed by atoms with Crippen molar-refractivity contribution in [3.8, 4) is 22.6 Å². The van der Waals surface area contributed by atoms with Crippen LogP contribution in [0.2, 0.25) is 5.02 Å². The maximum atomic E-state index is 14.2. The van der Waals surface area contributed by atoms with Gasteiger partial charge >= 0.3 is 6.09 Å². The van der Waals surface area contributed by atoms with Gasteiger partial charge in [-0.3, -0.25) is 9.69 Å². The zero-order valence-corrected chi connectivity index (χ0v) is 30.6. The number of likely N-dealkylation sites (tertiary alicyclic amines) is 1. The van der Waals surface area contributed by atoms with Crippen molar-refractivity contribution in [2.75, 3.05) is 52.4 Å². The minimum Gasteiger partial charge on any atom is -0.508 e. The van der Waals surface area contributed by atoms with Crippen molar-refractivity contribution >= 4 is 23.6 Å². The van der Waals surface area contributed by atoms with Gasteiger partial charge in [0.05, 0.1) is 6.61 Å². The van der Waals surface area contributed by atoms with Crippen LogP contribution in [-0.4, -0.2) is 90.3 Å². The number of benzene rings is 4. The van der Waals surface area contributed by atoms with Crippen LogP contribution < -0.4 is 10.1 Å². The van der Waals surface area contributed by atoms with Gasteiger partial charge in [0.2, 0.25) is 5.91 Å². The van der Waals surface area contributed by atoms with E-state index >= 15 is 0 Å².